The van der Waals surface area contributed by atoms with Crippen LogP contribution in [0.15, 0.2) is 12.4 Å². The maximum absolute atomic E-state index is 11.7. The molecule has 1 saturated heterocycles. The van der Waals surface area contributed by atoms with Gasteiger partial charge in [-0.3, -0.25) is 14.8 Å². The zero-order valence-corrected chi connectivity index (χ0v) is 10.6. The Balaban J connectivity index is 0.00000128. The molecule has 0 aliphatic carbocycles. The second-order valence-corrected chi connectivity index (χ2v) is 4.38. The summed E-state index contributed by atoms with van der Waals surface area (Å²) in [4.78, 5) is 11.7. The first-order chi connectivity index (χ1) is 7.29. The maximum atomic E-state index is 11.7. The number of thioether (sulfide) groups is 1. The van der Waals surface area contributed by atoms with E-state index in [0.29, 0.717) is 0 Å². The van der Waals surface area contributed by atoms with Crippen LogP contribution < -0.4 is 10.6 Å². The lowest BCUT2D eigenvalue weighted by molar-refractivity contribution is -0.117. The first-order valence-corrected chi connectivity index (χ1v) is 6.09. The largest absolute Gasteiger partial charge is 0.322 e. The predicted octanol–water partition coefficient (Wildman–Crippen LogP) is 0.926. The van der Waals surface area contributed by atoms with Crippen LogP contribution in [0.2, 0.25) is 0 Å². The van der Waals surface area contributed by atoms with Gasteiger partial charge in [-0.15, -0.1) is 24.2 Å². The number of rotatable bonds is 3. The van der Waals surface area contributed by atoms with E-state index in [0.717, 1.165) is 23.9 Å². The van der Waals surface area contributed by atoms with Crippen LogP contribution in [0.3, 0.4) is 0 Å². The van der Waals surface area contributed by atoms with Crippen molar-refractivity contribution in [3.63, 3.8) is 0 Å². The van der Waals surface area contributed by atoms with Crippen molar-refractivity contribution in [1.82, 2.24) is 15.1 Å². The summed E-state index contributed by atoms with van der Waals surface area (Å²) in [6.07, 6.45) is 3.50. The quantitative estimate of drug-likeness (QED) is 0.851. The van der Waals surface area contributed by atoms with E-state index < -0.39 is 0 Å². The van der Waals surface area contributed by atoms with Crippen molar-refractivity contribution < 1.29 is 4.79 Å². The third-order valence-electron chi connectivity index (χ3n) is 2.26. The van der Waals surface area contributed by atoms with Gasteiger partial charge in [-0.05, 0) is 6.92 Å². The second kappa shape index (κ2) is 6.12. The van der Waals surface area contributed by atoms with Crippen molar-refractivity contribution in [3.8, 4) is 0 Å². The van der Waals surface area contributed by atoms with Crippen LogP contribution in [0.4, 0.5) is 5.69 Å². The van der Waals surface area contributed by atoms with Crippen molar-refractivity contribution in [3.05, 3.63) is 12.4 Å². The van der Waals surface area contributed by atoms with Gasteiger partial charge in [-0.1, -0.05) is 0 Å². The van der Waals surface area contributed by atoms with Gasteiger partial charge in [0, 0.05) is 24.4 Å². The number of nitrogens with zero attached hydrogens (tertiary/aromatic N) is 2. The Hall–Kier alpha value is -0.720. The third kappa shape index (κ3) is 3.13. The molecule has 7 heteroatoms. The van der Waals surface area contributed by atoms with Crippen LogP contribution in [0.25, 0.3) is 0 Å². The Labute approximate surface area is 105 Å². The number of aryl methyl sites for hydroxylation is 1. The topological polar surface area (TPSA) is 59.0 Å². The Morgan fingerprint density at radius 2 is 2.62 bits per heavy atom. The van der Waals surface area contributed by atoms with Gasteiger partial charge in [-0.25, -0.2) is 0 Å². The predicted molar refractivity (Wildman–Crippen MR) is 68.0 cm³/mol. The fourth-order valence-electron chi connectivity index (χ4n) is 1.39. The first-order valence-electron chi connectivity index (χ1n) is 4.94. The van der Waals surface area contributed by atoms with Crippen molar-refractivity contribution in [1.29, 1.82) is 0 Å². The van der Waals surface area contributed by atoms with E-state index in [4.69, 9.17) is 0 Å². The highest BCUT2D eigenvalue weighted by molar-refractivity contribution is 7.99. The minimum Gasteiger partial charge on any atom is -0.322 e. The summed E-state index contributed by atoms with van der Waals surface area (Å²) in [6, 6.07) is -0.0695. The average molecular weight is 263 g/mol. The SMILES string of the molecule is CCn1cc(NC(=O)[C@H]2CSCN2)cn1.Cl. The fourth-order valence-corrected chi connectivity index (χ4v) is 2.34. The molecule has 0 unspecified atom stereocenters. The van der Waals surface area contributed by atoms with Gasteiger partial charge in [-0.2, -0.15) is 5.10 Å². The fraction of sp³-hybridized carbons (Fsp3) is 0.556. The summed E-state index contributed by atoms with van der Waals surface area (Å²) >= 11 is 1.74. The van der Waals surface area contributed by atoms with Crippen molar-refractivity contribution in [2.45, 2.75) is 19.5 Å². The van der Waals surface area contributed by atoms with E-state index >= 15 is 0 Å². The summed E-state index contributed by atoms with van der Waals surface area (Å²) in [7, 11) is 0. The van der Waals surface area contributed by atoms with Crippen molar-refractivity contribution in [2.24, 2.45) is 0 Å². The highest BCUT2D eigenvalue weighted by Crippen LogP contribution is 2.12. The van der Waals surface area contributed by atoms with E-state index in [1.54, 1.807) is 22.6 Å². The minimum atomic E-state index is -0.0695. The number of anilines is 1. The number of nitrogens with one attached hydrogen (secondary N) is 2. The van der Waals surface area contributed by atoms with Crippen LogP contribution in [0, 0.1) is 0 Å². The molecule has 1 aromatic heterocycles. The molecular formula is C9H15ClN4OS. The molecule has 5 nitrogen and oxygen atoms in total. The highest BCUT2D eigenvalue weighted by Gasteiger charge is 2.22. The standard InChI is InChI=1S/C9H14N4OS.ClH/c1-2-13-4-7(3-11-13)12-9(14)8-5-15-6-10-8;/h3-4,8,10H,2,5-6H2,1H3,(H,12,14);1H/t8-;/m1./s1. The Morgan fingerprint density at radius 1 is 1.81 bits per heavy atom. The van der Waals surface area contributed by atoms with Crippen LogP contribution in [0.5, 0.6) is 0 Å². The zero-order chi connectivity index (χ0) is 10.7. The minimum absolute atomic E-state index is 0. The molecule has 0 radical (unpaired) electrons. The molecule has 1 aromatic rings. The summed E-state index contributed by atoms with van der Waals surface area (Å²) < 4.78 is 1.78. The molecule has 2 N–H and O–H groups in total. The molecule has 0 aromatic carbocycles. The summed E-state index contributed by atoms with van der Waals surface area (Å²) in [5.41, 5.74) is 0.764. The zero-order valence-electron chi connectivity index (χ0n) is 8.97. The molecule has 0 spiro atoms. The molecule has 16 heavy (non-hydrogen) atoms. The van der Waals surface area contributed by atoms with Crippen LogP contribution in [-0.4, -0.2) is 33.4 Å². The number of hydrogen-bond donors (Lipinski definition) is 2. The first kappa shape index (κ1) is 13.3. The lowest BCUT2D eigenvalue weighted by Gasteiger charge is -2.08. The van der Waals surface area contributed by atoms with E-state index in [1.165, 1.54) is 0 Å². The van der Waals surface area contributed by atoms with Crippen LogP contribution in [-0.2, 0) is 11.3 Å². The van der Waals surface area contributed by atoms with Gasteiger partial charge in [0.25, 0.3) is 0 Å². The molecule has 1 aliphatic rings. The lowest BCUT2D eigenvalue weighted by atomic mass is 10.3. The molecule has 2 rings (SSSR count). The normalized spacial score (nSPS) is 19.2. The molecule has 0 bridgehead atoms. The van der Waals surface area contributed by atoms with Gasteiger partial charge >= 0.3 is 0 Å². The number of halogens is 1. The van der Waals surface area contributed by atoms with Gasteiger partial charge in [0.15, 0.2) is 0 Å². The molecule has 1 aliphatic heterocycles. The smallest absolute Gasteiger partial charge is 0.242 e. The molecule has 90 valence electrons. The maximum Gasteiger partial charge on any atom is 0.242 e. The molecule has 2 heterocycles. The number of carbonyl (C=O) groups excluding carboxylic acids is 1. The van der Waals surface area contributed by atoms with E-state index in [2.05, 4.69) is 15.7 Å². The Morgan fingerprint density at radius 3 is 3.19 bits per heavy atom. The summed E-state index contributed by atoms with van der Waals surface area (Å²) in [5.74, 6) is 1.72. The number of amides is 1. The van der Waals surface area contributed by atoms with E-state index in [1.807, 2.05) is 13.1 Å². The van der Waals surface area contributed by atoms with Gasteiger partial charge in [0.2, 0.25) is 5.91 Å². The van der Waals surface area contributed by atoms with E-state index in [9.17, 15) is 4.79 Å². The van der Waals surface area contributed by atoms with Gasteiger partial charge in [0.1, 0.15) is 0 Å². The monoisotopic (exact) mass is 262 g/mol. The summed E-state index contributed by atoms with van der Waals surface area (Å²) in [5, 5.41) is 10.1. The van der Waals surface area contributed by atoms with Crippen molar-refractivity contribution in [2.75, 3.05) is 16.9 Å². The molecule has 0 saturated carbocycles. The van der Waals surface area contributed by atoms with Crippen LogP contribution in [0.1, 0.15) is 6.92 Å². The number of carbonyl (C=O) groups is 1. The Bertz CT molecular complexity index is 351. The molecule has 1 amide bonds. The molecule has 1 atom stereocenters. The second-order valence-electron chi connectivity index (χ2n) is 3.35. The van der Waals surface area contributed by atoms with Gasteiger partial charge < -0.3 is 5.32 Å². The Kier molecular flexibility index (Phi) is 5.11. The number of hydrogen-bond acceptors (Lipinski definition) is 4. The lowest BCUT2D eigenvalue weighted by Crippen LogP contribution is -2.37. The number of aromatic nitrogens is 2. The highest BCUT2D eigenvalue weighted by atomic mass is 35.5. The van der Waals surface area contributed by atoms with Gasteiger partial charge in [0.05, 0.1) is 17.9 Å². The van der Waals surface area contributed by atoms with E-state index in [-0.39, 0.29) is 24.4 Å². The average Bonchev–Trinajstić information content (AvgIpc) is 2.87. The molecule has 1 fully saturated rings. The van der Waals surface area contributed by atoms with Crippen LogP contribution >= 0.6 is 24.2 Å². The third-order valence-corrected chi connectivity index (χ3v) is 3.20. The summed E-state index contributed by atoms with van der Waals surface area (Å²) in [6.45, 7) is 2.82. The molecular weight excluding hydrogens is 248 g/mol. The van der Waals surface area contributed by atoms with Crippen molar-refractivity contribution >= 4 is 35.8 Å².